The highest BCUT2D eigenvalue weighted by atomic mass is 16.2. The third-order valence-corrected chi connectivity index (χ3v) is 7.47. The van der Waals surface area contributed by atoms with Gasteiger partial charge in [0.1, 0.15) is 6.04 Å². The summed E-state index contributed by atoms with van der Waals surface area (Å²) < 4.78 is 0. The van der Waals surface area contributed by atoms with Crippen LogP contribution in [0.25, 0.3) is 0 Å². The van der Waals surface area contributed by atoms with Crippen molar-refractivity contribution in [3.8, 4) is 0 Å². The summed E-state index contributed by atoms with van der Waals surface area (Å²) in [4.78, 5) is 53.9. The van der Waals surface area contributed by atoms with Gasteiger partial charge in [0, 0.05) is 19.0 Å². The third-order valence-electron chi connectivity index (χ3n) is 7.47. The molecule has 0 saturated carbocycles. The molecule has 4 aliphatic heterocycles. The van der Waals surface area contributed by atoms with Gasteiger partial charge < -0.3 is 5.32 Å². The average Bonchev–Trinajstić information content (AvgIpc) is 3.06. The van der Waals surface area contributed by atoms with Crippen LogP contribution in [0.15, 0.2) is 18.2 Å². The van der Waals surface area contributed by atoms with Crippen LogP contribution in [-0.4, -0.2) is 65.1 Å². The summed E-state index contributed by atoms with van der Waals surface area (Å²) in [5, 5.41) is 5.78. The van der Waals surface area contributed by atoms with Gasteiger partial charge in [-0.2, -0.15) is 0 Å². The Labute approximate surface area is 187 Å². The minimum absolute atomic E-state index is 0.127. The summed E-state index contributed by atoms with van der Waals surface area (Å²) in [6.45, 7) is 3.74. The van der Waals surface area contributed by atoms with Crippen LogP contribution in [0.2, 0.25) is 0 Å². The lowest BCUT2D eigenvalue weighted by Crippen LogP contribution is -2.54. The lowest BCUT2D eigenvalue weighted by Gasteiger charge is -2.42. The van der Waals surface area contributed by atoms with Crippen LogP contribution in [0.1, 0.15) is 71.2 Å². The SMILES string of the molecule is O=C1CCC(N2C(=O)c3cccc(CN4CCCCC4C4CCCNC4)c3C2=O)C(=O)N1. The topological polar surface area (TPSA) is 98.8 Å². The van der Waals surface area contributed by atoms with Gasteiger partial charge in [0.05, 0.1) is 11.1 Å². The number of fused-ring (bicyclic) bond motifs is 1. The molecule has 3 unspecified atom stereocenters. The molecule has 8 heteroatoms. The number of hydrogen-bond acceptors (Lipinski definition) is 6. The summed E-state index contributed by atoms with van der Waals surface area (Å²) >= 11 is 0. The van der Waals surface area contributed by atoms with E-state index in [-0.39, 0.29) is 18.7 Å². The number of imide groups is 2. The molecule has 170 valence electrons. The van der Waals surface area contributed by atoms with Crippen molar-refractivity contribution in [3.05, 3.63) is 34.9 Å². The Morgan fingerprint density at radius 1 is 0.969 bits per heavy atom. The van der Waals surface area contributed by atoms with Crippen molar-refractivity contribution in [2.75, 3.05) is 19.6 Å². The summed E-state index contributed by atoms with van der Waals surface area (Å²) in [6.07, 6.45) is 6.25. The van der Waals surface area contributed by atoms with Gasteiger partial charge in [-0.1, -0.05) is 18.6 Å². The number of piperidine rings is 3. The Bertz CT molecular complexity index is 955. The quantitative estimate of drug-likeness (QED) is 0.691. The lowest BCUT2D eigenvalue weighted by atomic mass is 9.85. The molecule has 8 nitrogen and oxygen atoms in total. The molecule has 4 heterocycles. The van der Waals surface area contributed by atoms with E-state index < -0.39 is 23.8 Å². The molecular weight excluding hydrogens is 408 g/mol. The van der Waals surface area contributed by atoms with Crippen LogP contribution in [0.4, 0.5) is 0 Å². The van der Waals surface area contributed by atoms with Crippen LogP contribution in [0.5, 0.6) is 0 Å². The fraction of sp³-hybridized carbons (Fsp3) is 0.583. The first kappa shape index (κ1) is 21.3. The minimum atomic E-state index is -0.927. The fourth-order valence-electron chi connectivity index (χ4n) is 5.89. The highest BCUT2D eigenvalue weighted by molar-refractivity contribution is 6.24. The van der Waals surface area contributed by atoms with Gasteiger partial charge in [0.2, 0.25) is 11.8 Å². The van der Waals surface area contributed by atoms with Gasteiger partial charge >= 0.3 is 0 Å². The molecule has 0 bridgehead atoms. The number of carbonyl (C=O) groups excluding carboxylic acids is 4. The number of amides is 4. The average molecular weight is 439 g/mol. The first-order valence-electron chi connectivity index (χ1n) is 11.8. The second-order valence-corrected chi connectivity index (χ2v) is 9.43. The second-order valence-electron chi connectivity index (χ2n) is 9.43. The predicted octanol–water partition coefficient (Wildman–Crippen LogP) is 1.44. The van der Waals surface area contributed by atoms with Crippen molar-refractivity contribution in [2.24, 2.45) is 5.92 Å². The molecule has 5 rings (SSSR count). The van der Waals surface area contributed by atoms with Crippen molar-refractivity contribution in [3.63, 3.8) is 0 Å². The van der Waals surface area contributed by atoms with Gasteiger partial charge in [0.15, 0.2) is 0 Å². The Balaban J connectivity index is 1.40. The van der Waals surface area contributed by atoms with Crippen LogP contribution in [0, 0.1) is 5.92 Å². The molecule has 2 N–H and O–H groups in total. The Kier molecular flexibility index (Phi) is 5.82. The van der Waals surface area contributed by atoms with E-state index in [2.05, 4.69) is 15.5 Å². The monoisotopic (exact) mass is 438 g/mol. The van der Waals surface area contributed by atoms with Gasteiger partial charge in [-0.05, 0) is 69.3 Å². The summed E-state index contributed by atoms with van der Waals surface area (Å²) in [6, 6.07) is 4.98. The van der Waals surface area contributed by atoms with Crippen molar-refractivity contribution >= 4 is 23.6 Å². The molecule has 4 aliphatic rings. The second kappa shape index (κ2) is 8.75. The molecular formula is C24H30N4O4. The Morgan fingerprint density at radius 3 is 2.62 bits per heavy atom. The van der Waals surface area contributed by atoms with E-state index in [4.69, 9.17) is 0 Å². The van der Waals surface area contributed by atoms with E-state index in [1.807, 2.05) is 12.1 Å². The molecule has 32 heavy (non-hydrogen) atoms. The normalized spacial score (nSPS) is 29.2. The molecule has 0 aromatic heterocycles. The summed E-state index contributed by atoms with van der Waals surface area (Å²) in [7, 11) is 0. The molecule has 0 spiro atoms. The molecule has 1 aromatic carbocycles. The lowest BCUT2D eigenvalue weighted by molar-refractivity contribution is -0.136. The largest absolute Gasteiger partial charge is 0.316 e. The number of benzene rings is 1. The van der Waals surface area contributed by atoms with Crippen LogP contribution >= 0.6 is 0 Å². The van der Waals surface area contributed by atoms with Gasteiger partial charge in [-0.3, -0.25) is 34.3 Å². The summed E-state index contributed by atoms with van der Waals surface area (Å²) in [5.74, 6) is -1.18. The maximum absolute atomic E-state index is 13.4. The maximum Gasteiger partial charge on any atom is 0.262 e. The molecule has 3 saturated heterocycles. The van der Waals surface area contributed by atoms with Crippen LogP contribution in [-0.2, 0) is 16.1 Å². The Hall–Kier alpha value is -2.58. The van der Waals surface area contributed by atoms with Crippen molar-refractivity contribution < 1.29 is 19.2 Å². The zero-order valence-corrected chi connectivity index (χ0v) is 18.3. The number of hydrogen-bond donors (Lipinski definition) is 2. The first-order valence-corrected chi connectivity index (χ1v) is 11.8. The van der Waals surface area contributed by atoms with Crippen molar-refractivity contribution in [2.45, 2.75) is 63.6 Å². The van der Waals surface area contributed by atoms with Crippen LogP contribution in [0.3, 0.4) is 0 Å². The van der Waals surface area contributed by atoms with Crippen molar-refractivity contribution in [1.82, 2.24) is 20.4 Å². The van der Waals surface area contributed by atoms with Gasteiger partial charge in [-0.15, -0.1) is 0 Å². The van der Waals surface area contributed by atoms with E-state index >= 15 is 0 Å². The van der Waals surface area contributed by atoms with Gasteiger partial charge in [-0.25, -0.2) is 0 Å². The number of carbonyl (C=O) groups is 4. The minimum Gasteiger partial charge on any atom is -0.316 e. The highest BCUT2D eigenvalue weighted by Gasteiger charge is 2.45. The van der Waals surface area contributed by atoms with E-state index in [0.29, 0.717) is 29.6 Å². The molecule has 0 aliphatic carbocycles. The van der Waals surface area contributed by atoms with E-state index in [1.54, 1.807) is 6.07 Å². The van der Waals surface area contributed by atoms with Crippen LogP contribution < -0.4 is 10.6 Å². The molecule has 4 amide bonds. The van der Waals surface area contributed by atoms with E-state index in [0.717, 1.165) is 42.9 Å². The molecule has 0 radical (unpaired) electrons. The van der Waals surface area contributed by atoms with E-state index in [9.17, 15) is 19.2 Å². The molecule has 3 atom stereocenters. The Morgan fingerprint density at radius 2 is 1.84 bits per heavy atom. The predicted molar refractivity (Wildman–Crippen MR) is 117 cm³/mol. The van der Waals surface area contributed by atoms with Crippen molar-refractivity contribution in [1.29, 1.82) is 0 Å². The summed E-state index contributed by atoms with van der Waals surface area (Å²) in [5.41, 5.74) is 1.64. The highest BCUT2D eigenvalue weighted by Crippen LogP contribution is 2.33. The fourth-order valence-corrected chi connectivity index (χ4v) is 5.89. The zero-order valence-electron chi connectivity index (χ0n) is 18.3. The van der Waals surface area contributed by atoms with Gasteiger partial charge in [0.25, 0.3) is 11.8 Å². The van der Waals surface area contributed by atoms with E-state index in [1.165, 1.54) is 19.3 Å². The number of likely N-dealkylation sites (tertiary alicyclic amines) is 1. The smallest absolute Gasteiger partial charge is 0.262 e. The first-order chi connectivity index (χ1) is 15.5. The standard InChI is InChI=1S/C24H30N4O4/c29-20-10-9-19(22(30)26-20)28-23(31)17-7-3-5-16(21(17)24(28)32)14-27-12-2-1-8-18(27)15-6-4-11-25-13-15/h3,5,7,15,18-19,25H,1-2,4,6,8-14H2,(H,26,29,30). The third kappa shape index (κ3) is 3.75. The number of rotatable bonds is 4. The maximum atomic E-state index is 13.4. The number of nitrogens with one attached hydrogen (secondary N) is 2. The molecule has 1 aromatic rings. The number of nitrogens with zero attached hydrogens (tertiary/aromatic N) is 2. The zero-order chi connectivity index (χ0) is 22.2. The molecule has 3 fully saturated rings.